The molecule has 0 saturated heterocycles. The number of furan rings is 1. The maximum atomic E-state index is 12.6. The molecular formula is C18H13ClN4O4. The number of hydrogen-bond donors (Lipinski definition) is 2. The van der Waals surface area contributed by atoms with Crippen molar-refractivity contribution in [2.45, 2.75) is 6.54 Å². The number of carbonyl (C=O) groups is 2. The molecule has 0 bridgehead atoms. The third kappa shape index (κ3) is 3.00. The number of halogens is 1. The quantitative estimate of drug-likeness (QED) is 0.559. The van der Waals surface area contributed by atoms with E-state index in [2.05, 4.69) is 15.3 Å². The van der Waals surface area contributed by atoms with Crippen LogP contribution < -0.4 is 5.32 Å². The van der Waals surface area contributed by atoms with Crippen molar-refractivity contribution >= 4 is 45.5 Å². The van der Waals surface area contributed by atoms with Gasteiger partial charge in [-0.15, -0.1) is 0 Å². The van der Waals surface area contributed by atoms with Crippen LogP contribution in [0.4, 0.5) is 0 Å². The predicted octanol–water partition coefficient (Wildman–Crippen LogP) is 3.00. The van der Waals surface area contributed by atoms with Crippen LogP contribution in [0.3, 0.4) is 0 Å². The zero-order valence-electron chi connectivity index (χ0n) is 14.1. The van der Waals surface area contributed by atoms with Gasteiger partial charge in [0.15, 0.2) is 0 Å². The second-order valence-electron chi connectivity index (χ2n) is 5.98. The highest BCUT2D eigenvalue weighted by Crippen LogP contribution is 2.27. The largest absolute Gasteiger partial charge is 0.478 e. The number of nitrogens with zero attached hydrogens (tertiary/aromatic N) is 3. The molecule has 0 atom stereocenters. The van der Waals surface area contributed by atoms with Crippen molar-refractivity contribution < 1.29 is 19.1 Å². The topological polar surface area (TPSA) is 110 Å². The first kappa shape index (κ1) is 17.0. The summed E-state index contributed by atoms with van der Waals surface area (Å²) in [5.74, 6) is -1.07. The van der Waals surface area contributed by atoms with Crippen molar-refractivity contribution in [2.24, 2.45) is 7.05 Å². The predicted molar refractivity (Wildman–Crippen MR) is 97.9 cm³/mol. The lowest BCUT2D eigenvalue weighted by Crippen LogP contribution is -2.23. The molecule has 3 heterocycles. The van der Waals surface area contributed by atoms with E-state index in [4.69, 9.17) is 16.0 Å². The number of carbonyl (C=O) groups excluding carboxylic acids is 1. The number of aromatic carboxylic acids is 1. The van der Waals surface area contributed by atoms with E-state index in [1.165, 1.54) is 12.3 Å². The van der Waals surface area contributed by atoms with E-state index in [1.54, 1.807) is 36.3 Å². The number of fused-ring (bicyclic) bond motifs is 2. The average Bonchev–Trinajstić information content (AvgIpc) is 3.22. The Morgan fingerprint density at radius 3 is 2.85 bits per heavy atom. The molecule has 4 aromatic rings. The van der Waals surface area contributed by atoms with E-state index >= 15 is 0 Å². The fraction of sp³-hybridized carbons (Fsp3) is 0.111. The van der Waals surface area contributed by atoms with E-state index in [0.717, 1.165) is 0 Å². The van der Waals surface area contributed by atoms with Crippen molar-refractivity contribution in [3.8, 4) is 0 Å². The summed E-state index contributed by atoms with van der Waals surface area (Å²) in [4.78, 5) is 32.1. The Kier molecular flexibility index (Phi) is 4.04. The van der Waals surface area contributed by atoms with Gasteiger partial charge in [-0.05, 0) is 18.2 Å². The maximum absolute atomic E-state index is 12.6. The van der Waals surface area contributed by atoms with Gasteiger partial charge in [-0.3, -0.25) is 9.78 Å². The molecule has 1 aromatic carbocycles. The molecule has 3 aromatic heterocycles. The Bertz CT molecular complexity index is 1210. The Morgan fingerprint density at radius 2 is 2.07 bits per heavy atom. The minimum atomic E-state index is -1.14. The zero-order chi connectivity index (χ0) is 19.1. The molecule has 2 N–H and O–H groups in total. The van der Waals surface area contributed by atoms with Crippen LogP contribution >= 0.6 is 11.6 Å². The van der Waals surface area contributed by atoms with Gasteiger partial charge in [-0.2, -0.15) is 0 Å². The van der Waals surface area contributed by atoms with Crippen LogP contribution in [0.1, 0.15) is 26.5 Å². The molecule has 1 amide bonds. The normalized spacial score (nSPS) is 11.2. The monoisotopic (exact) mass is 384 g/mol. The first-order valence-electron chi connectivity index (χ1n) is 7.92. The Labute approximate surface area is 157 Å². The minimum Gasteiger partial charge on any atom is -0.478 e. The van der Waals surface area contributed by atoms with Crippen LogP contribution in [0.2, 0.25) is 5.02 Å². The summed E-state index contributed by atoms with van der Waals surface area (Å²) >= 11 is 5.95. The molecule has 9 heteroatoms. The molecule has 0 fully saturated rings. The van der Waals surface area contributed by atoms with Gasteiger partial charge in [0, 0.05) is 23.7 Å². The second-order valence-corrected chi connectivity index (χ2v) is 6.42. The number of hydrogen-bond acceptors (Lipinski definition) is 5. The third-order valence-corrected chi connectivity index (χ3v) is 4.37. The second kappa shape index (κ2) is 6.40. The zero-order valence-corrected chi connectivity index (χ0v) is 14.8. The summed E-state index contributed by atoms with van der Waals surface area (Å²) in [6.07, 6.45) is 4.67. The fourth-order valence-electron chi connectivity index (χ4n) is 2.96. The van der Waals surface area contributed by atoms with Gasteiger partial charge < -0.3 is 19.4 Å². The summed E-state index contributed by atoms with van der Waals surface area (Å²) in [5, 5.41) is 12.9. The van der Waals surface area contributed by atoms with E-state index in [1.807, 2.05) is 0 Å². The first-order chi connectivity index (χ1) is 12.9. The van der Waals surface area contributed by atoms with Crippen LogP contribution in [0.25, 0.3) is 22.0 Å². The number of carboxylic acid groups (broad SMARTS) is 1. The lowest BCUT2D eigenvalue weighted by Gasteiger charge is -2.05. The summed E-state index contributed by atoms with van der Waals surface area (Å²) < 4.78 is 7.35. The number of amides is 1. The Hall–Kier alpha value is -3.39. The number of rotatable bonds is 4. The maximum Gasteiger partial charge on any atom is 0.339 e. The Morgan fingerprint density at radius 1 is 1.26 bits per heavy atom. The van der Waals surface area contributed by atoms with E-state index in [9.17, 15) is 14.7 Å². The van der Waals surface area contributed by atoms with Crippen LogP contribution in [-0.4, -0.2) is 31.5 Å². The molecule has 27 heavy (non-hydrogen) atoms. The molecule has 0 unspecified atom stereocenters. The van der Waals surface area contributed by atoms with Crippen molar-refractivity contribution in [3.63, 3.8) is 0 Å². The SMILES string of the molecule is Cn1cnc2cncc(C(=O)NCc3cc4cc(Cl)cc(C(=O)O)c4o3)c21. The smallest absolute Gasteiger partial charge is 0.339 e. The highest BCUT2D eigenvalue weighted by Gasteiger charge is 2.17. The first-order valence-corrected chi connectivity index (χ1v) is 8.30. The number of aryl methyl sites for hydroxylation is 1. The van der Waals surface area contributed by atoms with Gasteiger partial charge >= 0.3 is 5.97 Å². The molecule has 4 rings (SSSR count). The highest BCUT2D eigenvalue weighted by molar-refractivity contribution is 6.32. The summed E-state index contributed by atoms with van der Waals surface area (Å²) in [5.41, 5.74) is 1.87. The highest BCUT2D eigenvalue weighted by atomic mass is 35.5. The van der Waals surface area contributed by atoms with Gasteiger partial charge in [0.25, 0.3) is 5.91 Å². The van der Waals surface area contributed by atoms with Crippen LogP contribution in [-0.2, 0) is 13.6 Å². The number of imidazole rings is 1. The lowest BCUT2D eigenvalue weighted by molar-refractivity contribution is 0.0697. The molecule has 0 saturated carbocycles. The number of aromatic nitrogens is 3. The fourth-order valence-corrected chi connectivity index (χ4v) is 3.19. The third-order valence-electron chi connectivity index (χ3n) is 4.15. The van der Waals surface area contributed by atoms with E-state index < -0.39 is 5.97 Å². The van der Waals surface area contributed by atoms with Crippen LogP contribution in [0, 0.1) is 0 Å². The van der Waals surface area contributed by atoms with Gasteiger partial charge in [0.1, 0.15) is 22.4 Å². The van der Waals surface area contributed by atoms with Crippen molar-refractivity contribution in [2.75, 3.05) is 0 Å². The van der Waals surface area contributed by atoms with Gasteiger partial charge in [0.05, 0.1) is 30.1 Å². The standard InChI is InChI=1S/C18H13ClN4O4/c1-23-8-22-14-7-20-6-13(15(14)23)17(24)21-5-11-3-9-2-10(19)4-12(18(25)26)16(9)27-11/h2-4,6-8H,5H2,1H3,(H,21,24)(H,25,26). The van der Waals surface area contributed by atoms with E-state index in [-0.39, 0.29) is 23.6 Å². The number of nitrogens with one attached hydrogen (secondary N) is 1. The summed E-state index contributed by atoms with van der Waals surface area (Å²) in [6.45, 7) is 0.0818. The molecular weight excluding hydrogens is 372 g/mol. The minimum absolute atomic E-state index is 0.0288. The number of carboxylic acids is 1. The van der Waals surface area contributed by atoms with Crippen molar-refractivity contribution in [3.05, 3.63) is 58.8 Å². The summed E-state index contributed by atoms with van der Waals surface area (Å²) in [6, 6.07) is 4.59. The van der Waals surface area contributed by atoms with Gasteiger partial charge in [-0.1, -0.05) is 11.6 Å². The van der Waals surface area contributed by atoms with Gasteiger partial charge in [-0.25, -0.2) is 9.78 Å². The van der Waals surface area contributed by atoms with Crippen LogP contribution in [0.15, 0.2) is 41.3 Å². The van der Waals surface area contributed by atoms with E-state index in [0.29, 0.717) is 32.8 Å². The van der Waals surface area contributed by atoms with Crippen LogP contribution in [0.5, 0.6) is 0 Å². The molecule has 8 nitrogen and oxygen atoms in total. The summed E-state index contributed by atoms with van der Waals surface area (Å²) in [7, 11) is 1.79. The lowest BCUT2D eigenvalue weighted by atomic mass is 10.1. The molecule has 0 aliphatic heterocycles. The number of benzene rings is 1. The van der Waals surface area contributed by atoms with Crippen molar-refractivity contribution in [1.82, 2.24) is 19.9 Å². The molecule has 0 spiro atoms. The van der Waals surface area contributed by atoms with Crippen molar-refractivity contribution in [1.29, 1.82) is 0 Å². The molecule has 136 valence electrons. The van der Waals surface area contributed by atoms with Gasteiger partial charge in [0.2, 0.25) is 0 Å². The molecule has 0 radical (unpaired) electrons. The number of pyridine rings is 1. The Balaban J connectivity index is 1.61. The molecule has 0 aliphatic carbocycles. The average molecular weight is 385 g/mol. The molecule has 0 aliphatic rings.